The summed E-state index contributed by atoms with van der Waals surface area (Å²) in [7, 11) is 0. The topological polar surface area (TPSA) is 29.1 Å². The number of halogens is 1. The molecule has 110 valence electrons. The van der Waals surface area contributed by atoms with Crippen molar-refractivity contribution >= 4 is 17.5 Å². The normalized spacial score (nSPS) is 13.5. The molecular weight excluding hydrogens is 282 g/mol. The van der Waals surface area contributed by atoms with Crippen LogP contribution in [-0.2, 0) is 4.79 Å². The van der Waals surface area contributed by atoms with E-state index in [2.05, 4.69) is 5.32 Å². The van der Waals surface area contributed by atoms with Crippen molar-refractivity contribution in [1.29, 1.82) is 0 Å². The predicted molar refractivity (Wildman–Crippen MR) is 87.5 cm³/mol. The van der Waals surface area contributed by atoms with Gasteiger partial charge in [-0.1, -0.05) is 61.0 Å². The zero-order valence-electron chi connectivity index (χ0n) is 12.3. The van der Waals surface area contributed by atoms with Crippen LogP contribution in [0.2, 0.25) is 5.02 Å². The SMILES string of the molecule is CCC(C(=O)NC(C)c1cccc(Cl)c1)c1ccccc1. The Morgan fingerprint density at radius 2 is 1.76 bits per heavy atom. The van der Waals surface area contributed by atoms with Crippen LogP contribution in [0.4, 0.5) is 0 Å². The highest BCUT2D eigenvalue weighted by Gasteiger charge is 2.20. The monoisotopic (exact) mass is 301 g/mol. The second-order valence-electron chi connectivity index (χ2n) is 5.16. The molecule has 2 aromatic rings. The van der Waals surface area contributed by atoms with E-state index in [0.717, 1.165) is 17.5 Å². The number of nitrogens with one attached hydrogen (secondary N) is 1. The van der Waals surface area contributed by atoms with Gasteiger partial charge in [-0.2, -0.15) is 0 Å². The van der Waals surface area contributed by atoms with Crippen LogP contribution in [0.5, 0.6) is 0 Å². The third-order valence-electron chi connectivity index (χ3n) is 3.63. The number of amides is 1. The molecular formula is C18H20ClNO. The van der Waals surface area contributed by atoms with Gasteiger partial charge < -0.3 is 5.32 Å². The first-order valence-corrected chi connectivity index (χ1v) is 7.60. The smallest absolute Gasteiger partial charge is 0.228 e. The fraction of sp³-hybridized carbons (Fsp3) is 0.278. The third kappa shape index (κ3) is 4.08. The molecule has 0 saturated carbocycles. The predicted octanol–water partition coefficient (Wildman–Crippen LogP) is 4.71. The summed E-state index contributed by atoms with van der Waals surface area (Å²) in [6.07, 6.45) is 0.776. The van der Waals surface area contributed by atoms with Gasteiger partial charge in [-0.25, -0.2) is 0 Å². The lowest BCUT2D eigenvalue weighted by Crippen LogP contribution is -2.31. The molecule has 0 bridgehead atoms. The summed E-state index contributed by atoms with van der Waals surface area (Å²) in [5.41, 5.74) is 2.06. The minimum Gasteiger partial charge on any atom is -0.349 e. The number of hydrogen-bond donors (Lipinski definition) is 1. The summed E-state index contributed by atoms with van der Waals surface area (Å²) < 4.78 is 0. The summed E-state index contributed by atoms with van der Waals surface area (Å²) in [6.45, 7) is 4.00. The van der Waals surface area contributed by atoms with Crippen molar-refractivity contribution in [3.8, 4) is 0 Å². The summed E-state index contributed by atoms with van der Waals surface area (Å²) in [6, 6.07) is 17.4. The minimum absolute atomic E-state index is 0.0520. The highest BCUT2D eigenvalue weighted by atomic mass is 35.5. The number of carbonyl (C=O) groups excluding carboxylic acids is 1. The summed E-state index contributed by atoms with van der Waals surface area (Å²) >= 11 is 6.00. The molecule has 0 aliphatic rings. The first-order chi connectivity index (χ1) is 10.1. The Morgan fingerprint density at radius 1 is 1.10 bits per heavy atom. The van der Waals surface area contributed by atoms with Crippen molar-refractivity contribution in [3.05, 3.63) is 70.7 Å². The van der Waals surface area contributed by atoms with Crippen LogP contribution >= 0.6 is 11.6 Å². The third-order valence-corrected chi connectivity index (χ3v) is 3.87. The van der Waals surface area contributed by atoms with E-state index in [-0.39, 0.29) is 17.9 Å². The molecule has 0 aliphatic carbocycles. The molecule has 2 atom stereocenters. The summed E-state index contributed by atoms with van der Waals surface area (Å²) in [5, 5.41) is 3.76. The largest absolute Gasteiger partial charge is 0.349 e. The molecule has 2 nitrogen and oxygen atoms in total. The van der Waals surface area contributed by atoms with Gasteiger partial charge in [0.05, 0.1) is 12.0 Å². The van der Waals surface area contributed by atoms with Gasteiger partial charge in [0.25, 0.3) is 0 Å². The number of hydrogen-bond acceptors (Lipinski definition) is 1. The zero-order valence-corrected chi connectivity index (χ0v) is 13.1. The molecule has 2 aromatic carbocycles. The molecule has 1 N–H and O–H groups in total. The van der Waals surface area contributed by atoms with Crippen molar-refractivity contribution in [1.82, 2.24) is 5.32 Å². The van der Waals surface area contributed by atoms with E-state index in [9.17, 15) is 4.79 Å². The van der Waals surface area contributed by atoms with Crippen LogP contribution in [0.15, 0.2) is 54.6 Å². The fourth-order valence-electron chi connectivity index (χ4n) is 2.43. The van der Waals surface area contributed by atoms with Gasteiger partial charge in [-0.3, -0.25) is 4.79 Å². The van der Waals surface area contributed by atoms with Crippen molar-refractivity contribution in [3.63, 3.8) is 0 Å². The molecule has 0 radical (unpaired) electrons. The van der Waals surface area contributed by atoms with Crippen molar-refractivity contribution in [2.75, 3.05) is 0 Å². The molecule has 0 saturated heterocycles. The minimum atomic E-state index is -0.118. The molecule has 21 heavy (non-hydrogen) atoms. The Hall–Kier alpha value is -1.80. The molecule has 0 aromatic heterocycles. The molecule has 2 unspecified atom stereocenters. The van der Waals surface area contributed by atoms with E-state index in [1.165, 1.54) is 0 Å². The van der Waals surface area contributed by atoms with Crippen LogP contribution in [0.25, 0.3) is 0 Å². The average Bonchev–Trinajstić information content (AvgIpc) is 2.49. The number of benzene rings is 2. The summed E-state index contributed by atoms with van der Waals surface area (Å²) in [4.78, 5) is 12.5. The van der Waals surface area contributed by atoms with E-state index in [1.54, 1.807) is 0 Å². The van der Waals surface area contributed by atoms with Crippen molar-refractivity contribution in [2.45, 2.75) is 32.2 Å². The van der Waals surface area contributed by atoms with Gasteiger partial charge in [-0.15, -0.1) is 0 Å². The number of rotatable bonds is 5. The molecule has 3 heteroatoms. The van der Waals surface area contributed by atoms with E-state index in [4.69, 9.17) is 11.6 Å². The van der Waals surface area contributed by atoms with E-state index >= 15 is 0 Å². The second-order valence-corrected chi connectivity index (χ2v) is 5.59. The van der Waals surface area contributed by atoms with Gasteiger partial charge in [0.1, 0.15) is 0 Å². The van der Waals surface area contributed by atoms with Crippen LogP contribution in [0.1, 0.15) is 43.4 Å². The van der Waals surface area contributed by atoms with E-state index in [1.807, 2.05) is 68.4 Å². The van der Waals surface area contributed by atoms with Crippen molar-refractivity contribution in [2.24, 2.45) is 0 Å². The first-order valence-electron chi connectivity index (χ1n) is 7.22. The van der Waals surface area contributed by atoms with Gasteiger partial charge >= 0.3 is 0 Å². The maximum atomic E-state index is 12.5. The maximum Gasteiger partial charge on any atom is 0.228 e. The van der Waals surface area contributed by atoms with E-state index in [0.29, 0.717) is 5.02 Å². The lowest BCUT2D eigenvalue weighted by Gasteiger charge is -2.20. The molecule has 0 spiro atoms. The fourth-order valence-corrected chi connectivity index (χ4v) is 2.63. The number of carbonyl (C=O) groups is 1. The average molecular weight is 302 g/mol. The Balaban J connectivity index is 2.09. The molecule has 0 heterocycles. The molecule has 2 rings (SSSR count). The van der Waals surface area contributed by atoms with Gasteiger partial charge in [0.2, 0.25) is 5.91 Å². The van der Waals surface area contributed by atoms with Crippen LogP contribution in [-0.4, -0.2) is 5.91 Å². The second kappa shape index (κ2) is 7.28. The van der Waals surface area contributed by atoms with Crippen LogP contribution < -0.4 is 5.32 Å². The Morgan fingerprint density at radius 3 is 2.38 bits per heavy atom. The highest BCUT2D eigenvalue weighted by molar-refractivity contribution is 6.30. The Kier molecular flexibility index (Phi) is 5.40. The molecule has 0 aliphatic heterocycles. The van der Waals surface area contributed by atoms with Gasteiger partial charge in [-0.05, 0) is 36.6 Å². The molecule has 0 fully saturated rings. The quantitative estimate of drug-likeness (QED) is 0.851. The van der Waals surface area contributed by atoms with Crippen LogP contribution in [0.3, 0.4) is 0 Å². The van der Waals surface area contributed by atoms with Gasteiger partial charge in [0.15, 0.2) is 0 Å². The van der Waals surface area contributed by atoms with Gasteiger partial charge in [0, 0.05) is 5.02 Å². The molecule has 1 amide bonds. The first kappa shape index (κ1) is 15.6. The lowest BCUT2D eigenvalue weighted by atomic mass is 9.95. The lowest BCUT2D eigenvalue weighted by molar-refractivity contribution is -0.123. The maximum absolute atomic E-state index is 12.5. The van der Waals surface area contributed by atoms with Crippen molar-refractivity contribution < 1.29 is 4.79 Å². The Labute approximate surface area is 131 Å². The summed E-state index contributed by atoms with van der Waals surface area (Å²) in [5.74, 6) is -0.0657. The van der Waals surface area contributed by atoms with Crippen LogP contribution in [0, 0.1) is 0 Å². The van der Waals surface area contributed by atoms with E-state index < -0.39 is 0 Å². The zero-order chi connectivity index (χ0) is 15.2. The highest BCUT2D eigenvalue weighted by Crippen LogP contribution is 2.22. The standard InChI is InChI=1S/C18H20ClNO/c1-3-17(14-8-5-4-6-9-14)18(21)20-13(2)15-10-7-11-16(19)12-15/h4-13,17H,3H2,1-2H3,(H,20,21). The Bertz CT molecular complexity index is 597.